The molecule has 0 aromatic carbocycles. The van der Waals surface area contributed by atoms with Crippen molar-refractivity contribution in [3.05, 3.63) is 12.3 Å². The van der Waals surface area contributed by atoms with Gasteiger partial charge in [-0.25, -0.2) is 4.31 Å². The lowest BCUT2D eigenvalue weighted by Gasteiger charge is -2.14. The van der Waals surface area contributed by atoms with Crippen LogP contribution in [0.3, 0.4) is 0 Å². The zero-order valence-corrected chi connectivity index (χ0v) is 7.05. The zero-order chi connectivity index (χ0) is 7.61. The second-order valence-electron chi connectivity index (χ2n) is 1.68. The molecule has 0 atom stereocenters. The summed E-state index contributed by atoms with van der Waals surface area (Å²) in [6.07, 6.45) is 4.13. The number of rotatable bonds is 1. The van der Waals surface area contributed by atoms with Gasteiger partial charge in [0, 0.05) is 12.4 Å². The van der Waals surface area contributed by atoms with Crippen molar-refractivity contribution >= 4 is 28.9 Å². The minimum Gasteiger partial charge on any atom is -0.271 e. The SMILES string of the molecule is Cl.O=S(=O)(O)N1C=CC=NC1. The van der Waals surface area contributed by atoms with Gasteiger partial charge in [-0.05, 0) is 6.08 Å². The van der Waals surface area contributed by atoms with Gasteiger partial charge in [0.1, 0.15) is 6.67 Å². The lowest BCUT2D eigenvalue weighted by atomic mass is 10.6. The first-order chi connectivity index (χ1) is 4.61. The molecular weight excluding hydrogens is 192 g/mol. The predicted octanol–water partition coefficient (Wildman–Crippen LogP) is 0.0686. The van der Waals surface area contributed by atoms with E-state index in [0.717, 1.165) is 4.31 Å². The lowest BCUT2D eigenvalue weighted by molar-refractivity contribution is 0.408. The molecule has 1 N–H and O–H groups in total. The summed E-state index contributed by atoms with van der Waals surface area (Å²) in [5.41, 5.74) is 0. The molecule has 0 aliphatic carbocycles. The Morgan fingerprint density at radius 1 is 1.55 bits per heavy atom. The van der Waals surface area contributed by atoms with Crippen LogP contribution < -0.4 is 0 Å². The summed E-state index contributed by atoms with van der Waals surface area (Å²) >= 11 is 0. The molecule has 1 aliphatic rings. The van der Waals surface area contributed by atoms with Gasteiger partial charge in [0.15, 0.2) is 0 Å². The van der Waals surface area contributed by atoms with Crippen LogP contribution in [0.5, 0.6) is 0 Å². The van der Waals surface area contributed by atoms with Crippen molar-refractivity contribution < 1.29 is 13.0 Å². The van der Waals surface area contributed by atoms with Crippen molar-refractivity contribution in [2.75, 3.05) is 6.67 Å². The van der Waals surface area contributed by atoms with E-state index in [2.05, 4.69) is 4.99 Å². The Kier molecular flexibility index (Phi) is 3.50. The van der Waals surface area contributed by atoms with Crippen LogP contribution in [-0.4, -0.2) is 30.2 Å². The molecule has 1 rings (SSSR count). The Morgan fingerprint density at radius 3 is 2.45 bits per heavy atom. The number of nitrogens with zero attached hydrogens (tertiary/aromatic N) is 2. The number of halogens is 1. The summed E-state index contributed by atoms with van der Waals surface area (Å²) in [6.45, 7) is -0.0463. The van der Waals surface area contributed by atoms with Gasteiger partial charge in [0.05, 0.1) is 0 Å². The Morgan fingerprint density at radius 2 is 2.18 bits per heavy atom. The Balaban J connectivity index is 0.000001000. The van der Waals surface area contributed by atoms with E-state index in [1.807, 2.05) is 0 Å². The highest BCUT2D eigenvalue weighted by molar-refractivity contribution is 7.83. The Hall–Kier alpha value is -0.590. The third-order valence-corrected chi connectivity index (χ3v) is 1.79. The molecule has 0 bridgehead atoms. The molecule has 7 heteroatoms. The first kappa shape index (κ1) is 10.4. The highest BCUT2D eigenvalue weighted by Crippen LogP contribution is 2.00. The molecule has 1 heterocycles. The van der Waals surface area contributed by atoms with Crippen LogP contribution in [-0.2, 0) is 10.3 Å². The monoisotopic (exact) mass is 198 g/mol. The second kappa shape index (κ2) is 3.70. The molecule has 64 valence electrons. The van der Waals surface area contributed by atoms with Gasteiger partial charge in [-0.3, -0.25) is 9.55 Å². The maximum atomic E-state index is 10.3. The van der Waals surface area contributed by atoms with Crippen LogP contribution in [0.15, 0.2) is 17.3 Å². The van der Waals surface area contributed by atoms with Gasteiger partial charge < -0.3 is 0 Å². The van der Waals surface area contributed by atoms with E-state index in [4.69, 9.17) is 4.55 Å². The van der Waals surface area contributed by atoms with Crippen molar-refractivity contribution in [1.82, 2.24) is 4.31 Å². The normalized spacial score (nSPS) is 16.3. The highest BCUT2D eigenvalue weighted by atomic mass is 35.5. The number of allylic oxidation sites excluding steroid dienone is 1. The summed E-state index contributed by atoms with van der Waals surface area (Å²) < 4.78 is 29.8. The van der Waals surface area contributed by atoms with E-state index in [1.54, 1.807) is 0 Å². The third-order valence-electron chi connectivity index (χ3n) is 0.961. The van der Waals surface area contributed by atoms with Gasteiger partial charge in [-0.2, -0.15) is 8.42 Å². The van der Waals surface area contributed by atoms with Crippen LogP contribution in [0, 0.1) is 0 Å². The van der Waals surface area contributed by atoms with Gasteiger partial charge in [-0.15, -0.1) is 12.4 Å². The maximum absolute atomic E-state index is 10.3. The molecule has 0 aromatic heterocycles. The van der Waals surface area contributed by atoms with E-state index in [9.17, 15) is 8.42 Å². The first-order valence-corrected chi connectivity index (χ1v) is 3.91. The fourth-order valence-corrected chi connectivity index (χ4v) is 0.957. The zero-order valence-electron chi connectivity index (χ0n) is 5.41. The highest BCUT2D eigenvalue weighted by Gasteiger charge is 2.13. The van der Waals surface area contributed by atoms with Crippen molar-refractivity contribution in [1.29, 1.82) is 0 Å². The summed E-state index contributed by atoms with van der Waals surface area (Å²) in [4.78, 5) is 3.60. The van der Waals surface area contributed by atoms with E-state index in [1.165, 1.54) is 18.5 Å². The molecule has 5 nitrogen and oxygen atoms in total. The minimum absolute atomic E-state index is 0. The van der Waals surface area contributed by atoms with E-state index >= 15 is 0 Å². The molecule has 11 heavy (non-hydrogen) atoms. The van der Waals surface area contributed by atoms with E-state index in [-0.39, 0.29) is 19.1 Å². The first-order valence-electron chi connectivity index (χ1n) is 2.51. The smallest absolute Gasteiger partial charge is 0.271 e. The summed E-state index contributed by atoms with van der Waals surface area (Å²) in [6, 6.07) is 0. The number of hydrogen-bond donors (Lipinski definition) is 1. The standard InChI is InChI=1S/C4H6N2O3S.ClH/c7-10(8,9)6-3-1-2-5-4-6;/h1-3H,4H2,(H,7,8,9);1H. The second-order valence-corrected chi connectivity index (χ2v) is 3.04. The molecule has 0 saturated heterocycles. The molecule has 0 aromatic rings. The molecule has 0 unspecified atom stereocenters. The summed E-state index contributed by atoms with van der Waals surface area (Å²) in [7, 11) is -4.09. The van der Waals surface area contributed by atoms with Crippen molar-refractivity contribution in [3.63, 3.8) is 0 Å². The van der Waals surface area contributed by atoms with Crippen LogP contribution >= 0.6 is 12.4 Å². The number of aliphatic imine (C=N–C) groups is 1. The molecule has 0 spiro atoms. The molecule has 0 amide bonds. The maximum Gasteiger partial charge on any atom is 0.361 e. The molecule has 0 saturated carbocycles. The predicted molar refractivity (Wildman–Crippen MR) is 43.1 cm³/mol. The molecular formula is C4H7ClN2O3S. The molecule has 0 fully saturated rings. The third kappa shape index (κ3) is 2.87. The van der Waals surface area contributed by atoms with Crippen LogP contribution in [0.25, 0.3) is 0 Å². The molecule has 0 radical (unpaired) electrons. The van der Waals surface area contributed by atoms with Gasteiger partial charge in [-0.1, -0.05) is 0 Å². The number of hydrogen-bond acceptors (Lipinski definition) is 3. The van der Waals surface area contributed by atoms with Gasteiger partial charge in [0.2, 0.25) is 0 Å². The quantitative estimate of drug-likeness (QED) is 0.606. The topological polar surface area (TPSA) is 70.0 Å². The Bertz CT molecular complexity index is 271. The van der Waals surface area contributed by atoms with Crippen molar-refractivity contribution in [2.45, 2.75) is 0 Å². The average molecular weight is 199 g/mol. The minimum atomic E-state index is -4.09. The fourth-order valence-electron chi connectivity index (χ4n) is 0.520. The van der Waals surface area contributed by atoms with Crippen LogP contribution in [0.4, 0.5) is 0 Å². The fraction of sp³-hybridized carbons (Fsp3) is 0.250. The van der Waals surface area contributed by atoms with E-state index < -0.39 is 10.3 Å². The van der Waals surface area contributed by atoms with Crippen LogP contribution in [0.2, 0.25) is 0 Å². The lowest BCUT2D eigenvalue weighted by Crippen LogP contribution is -2.26. The summed E-state index contributed by atoms with van der Waals surface area (Å²) in [5, 5.41) is 0. The van der Waals surface area contributed by atoms with Crippen LogP contribution in [0.1, 0.15) is 0 Å². The van der Waals surface area contributed by atoms with Gasteiger partial charge in [0.25, 0.3) is 0 Å². The van der Waals surface area contributed by atoms with Crippen molar-refractivity contribution in [2.24, 2.45) is 4.99 Å². The van der Waals surface area contributed by atoms with Crippen molar-refractivity contribution in [3.8, 4) is 0 Å². The largest absolute Gasteiger partial charge is 0.361 e. The van der Waals surface area contributed by atoms with E-state index in [0.29, 0.717) is 0 Å². The molecule has 1 aliphatic heterocycles. The van der Waals surface area contributed by atoms with Gasteiger partial charge >= 0.3 is 10.3 Å². The summed E-state index contributed by atoms with van der Waals surface area (Å²) in [5.74, 6) is 0. The Labute approximate surface area is 70.7 Å². The average Bonchev–Trinajstić information content (AvgIpc) is 1.88.